The summed E-state index contributed by atoms with van der Waals surface area (Å²) in [5.41, 5.74) is 1.83. The second-order valence-electron chi connectivity index (χ2n) is 5.75. The molecule has 4 rings (SSSR count). The van der Waals surface area contributed by atoms with Gasteiger partial charge in [-0.1, -0.05) is 0 Å². The molecule has 17 heavy (non-hydrogen) atoms. The van der Waals surface area contributed by atoms with Gasteiger partial charge in [0.05, 0.1) is 11.9 Å². The number of hydrogen-bond acceptors (Lipinski definition) is 3. The van der Waals surface area contributed by atoms with Crippen LogP contribution in [0.3, 0.4) is 0 Å². The molecule has 3 aliphatic rings. The number of aromatic nitrogens is 1. The average molecular weight is 229 g/mol. The van der Waals surface area contributed by atoms with Crippen molar-refractivity contribution in [2.45, 2.75) is 24.8 Å². The molecule has 0 N–H and O–H groups in total. The molecule has 90 valence electrons. The van der Waals surface area contributed by atoms with Crippen LogP contribution in [0.4, 0.5) is 5.69 Å². The van der Waals surface area contributed by atoms with Gasteiger partial charge in [-0.3, -0.25) is 9.88 Å². The highest BCUT2D eigenvalue weighted by molar-refractivity contribution is 5.46. The van der Waals surface area contributed by atoms with Crippen LogP contribution in [0.2, 0.25) is 0 Å². The molecule has 0 aliphatic carbocycles. The third-order valence-electron chi connectivity index (χ3n) is 5.18. The Morgan fingerprint density at radius 1 is 1.24 bits per heavy atom. The van der Waals surface area contributed by atoms with Crippen molar-refractivity contribution in [3.63, 3.8) is 0 Å². The summed E-state index contributed by atoms with van der Waals surface area (Å²) in [6.45, 7) is 5.11. The van der Waals surface area contributed by atoms with E-state index in [1.807, 2.05) is 18.5 Å². The normalized spacial score (nSPS) is 39.4. The van der Waals surface area contributed by atoms with E-state index in [9.17, 15) is 0 Å². The van der Waals surface area contributed by atoms with E-state index in [0.29, 0.717) is 5.54 Å². The highest BCUT2D eigenvalue weighted by Crippen LogP contribution is 2.49. The molecule has 4 heterocycles. The average Bonchev–Trinajstić information content (AvgIpc) is 3.08. The number of hydrogen-bond donors (Lipinski definition) is 0. The van der Waals surface area contributed by atoms with Gasteiger partial charge in [-0.2, -0.15) is 0 Å². The van der Waals surface area contributed by atoms with Crippen LogP contribution in [0.1, 0.15) is 19.3 Å². The van der Waals surface area contributed by atoms with E-state index in [1.165, 1.54) is 51.1 Å². The number of pyridine rings is 1. The molecule has 3 saturated heterocycles. The molecule has 3 nitrogen and oxygen atoms in total. The first-order chi connectivity index (χ1) is 8.38. The molecule has 0 saturated carbocycles. The molecule has 0 unspecified atom stereocenters. The van der Waals surface area contributed by atoms with Crippen LogP contribution in [0, 0.1) is 5.92 Å². The molecular formula is C14H19N3. The van der Waals surface area contributed by atoms with Crippen LogP contribution in [0.15, 0.2) is 24.5 Å². The predicted octanol–water partition coefficient (Wildman–Crippen LogP) is 1.76. The van der Waals surface area contributed by atoms with E-state index < -0.39 is 0 Å². The Morgan fingerprint density at radius 2 is 2.12 bits per heavy atom. The summed E-state index contributed by atoms with van der Waals surface area (Å²) in [6.07, 6.45) is 8.08. The molecule has 3 fully saturated rings. The van der Waals surface area contributed by atoms with Gasteiger partial charge in [0.15, 0.2) is 0 Å². The molecule has 1 aromatic rings. The molecule has 0 radical (unpaired) electrons. The van der Waals surface area contributed by atoms with Crippen molar-refractivity contribution >= 4 is 5.69 Å². The van der Waals surface area contributed by atoms with Gasteiger partial charge in [0.25, 0.3) is 0 Å². The lowest BCUT2D eigenvalue weighted by molar-refractivity contribution is 0.194. The lowest BCUT2D eigenvalue weighted by Gasteiger charge is -2.32. The summed E-state index contributed by atoms with van der Waals surface area (Å²) in [4.78, 5) is 9.53. The van der Waals surface area contributed by atoms with Gasteiger partial charge >= 0.3 is 0 Å². The topological polar surface area (TPSA) is 19.4 Å². The maximum atomic E-state index is 4.24. The lowest BCUT2D eigenvalue weighted by Crippen LogP contribution is -2.44. The van der Waals surface area contributed by atoms with E-state index in [2.05, 4.69) is 20.9 Å². The maximum absolute atomic E-state index is 4.24. The fraction of sp³-hybridized carbons (Fsp3) is 0.643. The van der Waals surface area contributed by atoms with Crippen molar-refractivity contribution < 1.29 is 0 Å². The minimum absolute atomic E-state index is 0.524. The first kappa shape index (κ1) is 9.89. The Hall–Kier alpha value is -1.09. The molecule has 3 aliphatic heterocycles. The first-order valence-electron chi connectivity index (χ1n) is 6.78. The molecule has 1 atom stereocenters. The van der Waals surface area contributed by atoms with Crippen molar-refractivity contribution in [3.05, 3.63) is 24.5 Å². The van der Waals surface area contributed by atoms with E-state index in [-0.39, 0.29) is 0 Å². The third kappa shape index (κ3) is 1.29. The van der Waals surface area contributed by atoms with E-state index in [1.54, 1.807) is 0 Å². The number of anilines is 1. The second kappa shape index (κ2) is 3.45. The van der Waals surface area contributed by atoms with E-state index in [4.69, 9.17) is 0 Å². The summed E-state index contributed by atoms with van der Waals surface area (Å²) in [7, 11) is 0. The van der Waals surface area contributed by atoms with Crippen LogP contribution in [-0.2, 0) is 0 Å². The van der Waals surface area contributed by atoms with Crippen molar-refractivity contribution in [2.75, 3.05) is 31.1 Å². The SMILES string of the molecule is c1cncc(N2CC[C@@]3(C2)C2CCN3CC2)c1. The van der Waals surface area contributed by atoms with Crippen molar-refractivity contribution in [3.8, 4) is 0 Å². The van der Waals surface area contributed by atoms with E-state index >= 15 is 0 Å². The number of nitrogens with zero attached hydrogens (tertiary/aromatic N) is 3. The Balaban J connectivity index is 1.61. The fourth-order valence-electron chi connectivity index (χ4n) is 4.29. The quantitative estimate of drug-likeness (QED) is 0.731. The summed E-state index contributed by atoms with van der Waals surface area (Å²) in [5, 5.41) is 0. The minimum Gasteiger partial charge on any atom is -0.368 e. The molecule has 2 bridgehead atoms. The van der Waals surface area contributed by atoms with Gasteiger partial charge in [0.2, 0.25) is 0 Å². The Labute approximate surface area is 102 Å². The number of rotatable bonds is 1. The van der Waals surface area contributed by atoms with E-state index in [0.717, 1.165) is 5.92 Å². The van der Waals surface area contributed by atoms with Gasteiger partial charge in [0.1, 0.15) is 0 Å². The lowest BCUT2D eigenvalue weighted by atomic mass is 9.85. The van der Waals surface area contributed by atoms with Crippen molar-refractivity contribution in [1.29, 1.82) is 0 Å². The van der Waals surface area contributed by atoms with Gasteiger partial charge in [0, 0.05) is 24.8 Å². The maximum Gasteiger partial charge on any atom is 0.0553 e. The van der Waals surface area contributed by atoms with Crippen LogP contribution in [0.25, 0.3) is 0 Å². The van der Waals surface area contributed by atoms with Gasteiger partial charge < -0.3 is 4.90 Å². The minimum atomic E-state index is 0.524. The second-order valence-corrected chi connectivity index (χ2v) is 5.75. The molecule has 1 spiro atoms. The molecule has 0 amide bonds. The Morgan fingerprint density at radius 3 is 2.76 bits per heavy atom. The predicted molar refractivity (Wildman–Crippen MR) is 68.1 cm³/mol. The summed E-state index contributed by atoms with van der Waals surface area (Å²) in [6, 6.07) is 4.24. The van der Waals surface area contributed by atoms with Crippen LogP contribution < -0.4 is 4.90 Å². The summed E-state index contributed by atoms with van der Waals surface area (Å²) < 4.78 is 0. The highest BCUT2D eigenvalue weighted by Gasteiger charge is 2.55. The first-order valence-corrected chi connectivity index (χ1v) is 6.78. The fourth-order valence-corrected chi connectivity index (χ4v) is 4.29. The monoisotopic (exact) mass is 229 g/mol. The molecular weight excluding hydrogens is 210 g/mol. The van der Waals surface area contributed by atoms with Gasteiger partial charge in [-0.15, -0.1) is 0 Å². The highest BCUT2D eigenvalue weighted by atomic mass is 15.3. The van der Waals surface area contributed by atoms with Crippen LogP contribution in [0.5, 0.6) is 0 Å². The Bertz CT molecular complexity index is 397. The smallest absolute Gasteiger partial charge is 0.0553 e. The van der Waals surface area contributed by atoms with Gasteiger partial charge in [-0.05, 0) is 50.4 Å². The summed E-state index contributed by atoms with van der Waals surface area (Å²) in [5.74, 6) is 0.962. The largest absolute Gasteiger partial charge is 0.368 e. The zero-order valence-corrected chi connectivity index (χ0v) is 10.2. The zero-order valence-electron chi connectivity index (χ0n) is 10.2. The molecule has 3 heteroatoms. The van der Waals surface area contributed by atoms with Crippen molar-refractivity contribution in [2.24, 2.45) is 5.92 Å². The standard InChI is InChI=1S/C14H19N3/c1-2-13(10-15-6-1)16-9-5-14(11-16)12-3-7-17(14)8-4-12/h1-2,6,10,12H,3-5,7-9,11H2/t14-/m1/s1. The van der Waals surface area contributed by atoms with Crippen LogP contribution >= 0.6 is 0 Å². The van der Waals surface area contributed by atoms with Crippen molar-refractivity contribution in [1.82, 2.24) is 9.88 Å². The Kier molecular flexibility index (Phi) is 2.01. The summed E-state index contributed by atoms with van der Waals surface area (Å²) >= 11 is 0. The molecule has 0 aromatic carbocycles. The zero-order chi connectivity index (χ0) is 11.3. The van der Waals surface area contributed by atoms with Crippen LogP contribution in [-0.4, -0.2) is 41.6 Å². The number of piperidine rings is 1. The van der Waals surface area contributed by atoms with Gasteiger partial charge in [-0.25, -0.2) is 0 Å². The molecule has 1 aromatic heterocycles. The third-order valence-corrected chi connectivity index (χ3v) is 5.18.